The first kappa shape index (κ1) is 48.0. The number of unbranched alkanes of at least 4 members (excludes halogenated alkanes) is 23. The summed E-state index contributed by atoms with van der Waals surface area (Å²) in [5, 5.41) is 0. The van der Waals surface area contributed by atoms with Gasteiger partial charge >= 0.3 is 11.9 Å². The molecule has 0 aliphatic heterocycles. The van der Waals surface area contributed by atoms with Crippen LogP contribution in [0.5, 0.6) is 0 Å². The lowest BCUT2D eigenvalue weighted by atomic mass is 10.0. The van der Waals surface area contributed by atoms with E-state index >= 15 is 0 Å². The largest absolute Gasteiger partial charge is 0.756 e. The molecule has 0 rings (SSSR count). The fraction of sp³-hybridized carbons (Fsp3) is 0.949. The maximum absolute atomic E-state index is 12.5. The van der Waals surface area contributed by atoms with Crippen LogP contribution in [0.2, 0.25) is 0 Å². The lowest BCUT2D eigenvalue weighted by molar-refractivity contribution is -0.870. The molecule has 0 aliphatic carbocycles. The van der Waals surface area contributed by atoms with Crippen molar-refractivity contribution in [3.05, 3.63) is 0 Å². The second-order valence-corrected chi connectivity index (χ2v) is 16.4. The van der Waals surface area contributed by atoms with Crippen LogP contribution in [0.1, 0.15) is 187 Å². The Labute approximate surface area is 302 Å². The summed E-state index contributed by atoms with van der Waals surface area (Å²) < 4.78 is 33.3. The van der Waals surface area contributed by atoms with Gasteiger partial charge < -0.3 is 27.9 Å². The predicted molar refractivity (Wildman–Crippen MR) is 199 cm³/mol. The van der Waals surface area contributed by atoms with Gasteiger partial charge in [0.25, 0.3) is 7.82 Å². The van der Waals surface area contributed by atoms with Gasteiger partial charge in [-0.25, -0.2) is 0 Å². The molecule has 0 fully saturated rings. The zero-order chi connectivity index (χ0) is 36.5. The fourth-order valence-electron chi connectivity index (χ4n) is 5.63. The van der Waals surface area contributed by atoms with Crippen LogP contribution < -0.4 is 4.89 Å². The maximum Gasteiger partial charge on any atom is 0.306 e. The third-order valence-corrected chi connectivity index (χ3v) is 9.84. The van der Waals surface area contributed by atoms with Crippen molar-refractivity contribution in [1.82, 2.24) is 0 Å². The van der Waals surface area contributed by atoms with E-state index in [4.69, 9.17) is 18.5 Å². The number of nitrogens with zero attached hydrogens (tertiary/aromatic N) is 1. The molecule has 0 amide bonds. The summed E-state index contributed by atoms with van der Waals surface area (Å²) >= 11 is 0. The molecule has 49 heavy (non-hydrogen) atoms. The van der Waals surface area contributed by atoms with E-state index in [1.165, 1.54) is 128 Å². The van der Waals surface area contributed by atoms with Crippen LogP contribution in [0.4, 0.5) is 0 Å². The summed E-state index contributed by atoms with van der Waals surface area (Å²) in [6.45, 7) is 3.98. The van der Waals surface area contributed by atoms with E-state index < -0.39 is 32.5 Å². The van der Waals surface area contributed by atoms with Crippen LogP contribution in [-0.4, -0.2) is 70.0 Å². The first-order valence-electron chi connectivity index (χ1n) is 20.2. The molecule has 2 unspecified atom stereocenters. The summed E-state index contributed by atoms with van der Waals surface area (Å²) in [5.74, 6) is -0.865. The zero-order valence-electron chi connectivity index (χ0n) is 32.7. The first-order valence-corrected chi connectivity index (χ1v) is 21.7. The smallest absolute Gasteiger partial charge is 0.306 e. The van der Waals surface area contributed by atoms with Crippen molar-refractivity contribution < 1.29 is 42.1 Å². The Morgan fingerprint density at radius 2 is 0.939 bits per heavy atom. The first-order chi connectivity index (χ1) is 23.5. The van der Waals surface area contributed by atoms with Crippen LogP contribution in [-0.2, 0) is 32.7 Å². The fourth-order valence-corrected chi connectivity index (χ4v) is 6.36. The lowest BCUT2D eigenvalue weighted by Crippen LogP contribution is -2.37. The Kier molecular flexibility index (Phi) is 32.2. The topological polar surface area (TPSA) is 111 Å². The molecule has 0 aromatic rings. The molecule has 0 saturated heterocycles. The second-order valence-electron chi connectivity index (χ2n) is 15.0. The highest BCUT2D eigenvalue weighted by Gasteiger charge is 2.21. The summed E-state index contributed by atoms with van der Waals surface area (Å²) in [4.78, 5) is 36.7. The normalized spacial score (nSPS) is 13.7. The quantitative estimate of drug-likeness (QED) is 0.0270. The summed E-state index contributed by atoms with van der Waals surface area (Å²) in [6.07, 6.45) is 31.2. The number of carbonyl (C=O) groups excluding carboxylic acids is 2. The van der Waals surface area contributed by atoms with Crippen LogP contribution in [0.25, 0.3) is 0 Å². The Hall–Kier alpha value is -0.990. The minimum atomic E-state index is -4.59. The van der Waals surface area contributed by atoms with Gasteiger partial charge in [0.05, 0.1) is 27.7 Å². The predicted octanol–water partition coefficient (Wildman–Crippen LogP) is 10.2. The second kappa shape index (κ2) is 32.9. The van der Waals surface area contributed by atoms with Gasteiger partial charge in [-0.05, 0) is 12.8 Å². The average Bonchev–Trinajstić information content (AvgIpc) is 3.04. The molecular weight excluding hydrogens is 641 g/mol. The Balaban J connectivity index is 3.91. The van der Waals surface area contributed by atoms with Gasteiger partial charge in [-0.3, -0.25) is 14.2 Å². The van der Waals surface area contributed by atoms with E-state index in [0.717, 1.165) is 19.3 Å². The number of quaternary nitrogens is 1. The Morgan fingerprint density at radius 3 is 1.35 bits per heavy atom. The van der Waals surface area contributed by atoms with Gasteiger partial charge in [-0.1, -0.05) is 162 Å². The van der Waals surface area contributed by atoms with Gasteiger partial charge in [0, 0.05) is 12.8 Å². The molecule has 0 saturated carbocycles. The third kappa shape index (κ3) is 36.6. The molecule has 2 atom stereocenters. The molecule has 0 radical (unpaired) electrons. The number of ether oxygens (including phenoxy) is 2. The SMILES string of the molecule is CCCCCCCCCCCCCCCCCCCCCCCCCC(=O)OC(COC(=O)CCCC)COP(=O)([O-])OCC[N+](C)(C)C. The van der Waals surface area contributed by atoms with Crippen molar-refractivity contribution >= 4 is 19.8 Å². The summed E-state index contributed by atoms with van der Waals surface area (Å²) in [5.41, 5.74) is 0. The van der Waals surface area contributed by atoms with Crippen LogP contribution >= 0.6 is 7.82 Å². The standard InChI is InChI=1S/C39H78NO8P/c1-6-8-10-11-12-13-14-15-16-17-18-19-20-21-22-23-24-25-26-27-28-29-30-32-39(42)48-37(35-45-38(41)31-9-7-2)36-47-49(43,44)46-34-33-40(3,4)5/h37H,6-36H2,1-5H3. The Bertz CT molecular complexity index is 819. The van der Waals surface area contributed by atoms with Gasteiger partial charge in [-0.2, -0.15) is 0 Å². The molecule has 0 aromatic carbocycles. The molecule has 0 aliphatic rings. The number of carbonyl (C=O) groups is 2. The van der Waals surface area contributed by atoms with Gasteiger partial charge in [0.15, 0.2) is 6.10 Å². The minimum absolute atomic E-state index is 0.0275. The van der Waals surface area contributed by atoms with Crippen LogP contribution in [0.3, 0.4) is 0 Å². The number of phosphoric ester groups is 1. The monoisotopic (exact) mass is 720 g/mol. The van der Waals surface area contributed by atoms with E-state index in [-0.39, 0.29) is 26.1 Å². The Morgan fingerprint density at radius 1 is 0.551 bits per heavy atom. The van der Waals surface area contributed by atoms with E-state index in [2.05, 4.69) is 6.92 Å². The average molecular weight is 720 g/mol. The van der Waals surface area contributed by atoms with Crippen LogP contribution in [0, 0.1) is 0 Å². The molecule has 0 N–H and O–H groups in total. The number of esters is 2. The number of rotatable bonds is 37. The molecule has 0 heterocycles. The zero-order valence-corrected chi connectivity index (χ0v) is 33.6. The van der Waals surface area contributed by atoms with Crippen molar-refractivity contribution in [1.29, 1.82) is 0 Å². The third-order valence-electron chi connectivity index (χ3n) is 8.88. The molecule has 0 bridgehead atoms. The van der Waals surface area contributed by atoms with E-state index in [9.17, 15) is 19.0 Å². The molecule has 0 aromatic heterocycles. The maximum atomic E-state index is 12.5. The highest BCUT2D eigenvalue weighted by Crippen LogP contribution is 2.38. The molecule has 0 spiro atoms. The van der Waals surface area contributed by atoms with E-state index in [0.29, 0.717) is 23.9 Å². The number of hydrogen-bond acceptors (Lipinski definition) is 8. The van der Waals surface area contributed by atoms with Crippen molar-refractivity contribution in [2.45, 2.75) is 193 Å². The van der Waals surface area contributed by atoms with Crippen molar-refractivity contribution in [2.75, 3.05) is 47.5 Å². The number of hydrogen-bond donors (Lipinski definition) is 0. The van der Waals surface area contributed by atoms with E-state index in [1.54, 1.807) is 0 Å². The van der Waals surface area contributed by atoms with Gasteiger partial charge in [0.1, 0.15) is 19.8 Å². The van der Waals surface area contributed by atoms with Crippen LogP contribution in [0.15, 0.2) is 0 Å². The highest BCUT2D eigenvalue weighted by molar-refractivity contribution is 7.45. The summed E-state index contributed by atoms with van der Waals surface area (Å²) in [6, 6.07) is 0. The molecule has 9 nitrogen and oxygen atoms in total. The van der Waals surface area contributed by atoms with Gasteiger partial charge in [-0.15, -0.1) is 0 Å². The molecule has 10 heteroatoms. The highest BCUT2D eigenvalue weighted by atomic mass is 31.2. The van der Waals surface area contributed by atoms with Crippen molar-refractivity contribution in [3.8, 4) is 0 Å². The van der Waals surface area contributed by atoms with Gasteiger partial charge in [0.2, 0.25) is 0 Å². The lowest BCUT2D eigenvalue weighted by Gasteiger charge is -2.28. The molecular formula is C39H78NO8P. The summed E-state index contributed by atoms with van der Waals surface area (Å²) in [7, 11) is 1.17. The van der Waals surface area contributed by atoms with Crippen molar-refractivity contribution in [3.63, 3.8) is 0 Å². The van der Waals surface area contributed by atoms with E-state index in [1.807, 2.05) is 28.1 Å². The molecule has 292 valence electrons. The minimum Gasteiger partial charge on any atom is -0.756 e. The number of likely N-dealkylation sites (N-methyl/N-ethyl adjacent to an activating group) is 1. The number of phosphoric acid groups is 1. The van der Waals surface area contributed by atoms with Crippen molar-refractivity contribution in [2.24, 2.45) is 0 Å².